The molecule has 94 valence electrons. The van der Waals surface area contributed by atoms with Gasteiger partial charge in [0.25, 0.3) is 0 Å². The number of rotatable bonds is 4. The second kappa shape index (κ2) is 14.2. The van der Waals surface area contributed by atoms with E-state index in [4.69, 9.17) is 10.5 Å². The zero-order valence-electron chi connectivity index (χ0n) is 11.1. The first-order valence-electron chi connectivity index (χ1n) is 6.35. The van der Waals surface area contributed by atoms with Crippen LogP contribution in [0.2, 0.25) is 0 Å². The molecule has 0 heterocycles. The van der Waals surface area contributed by atoms with Gasteiger partial charge in [-0.2, -0.15) is 0 Å². The van der Waals surface area contributed by atoms with Crippen molar-refractivity contribution in [2.45, 2.75) is 52.9 Å². The van der Waals surface area contributed by atoms with E-state index in [1.54, 1.807) is 0 Å². The predicted molar refractivity (Wildman–Crippen MR) is 71.0 cm³/mol. The molecule has 1 fully saturated rings. The normalized spacial score (nSPS) is 14.2. The predicted octanol–water partition coefficient (Wildman–Crippen LogP) is 3.01. The Kier molecular flexibility index (Phi) is 15.6. The molecule has 1 rings (SSSR count). The zero-order chi connectivity index (χ0) is 12.8. The summed E-state index contributed by atoms with van der Waals surface area (Å²) in [5, 5.41) is 0. The van der Waals surface area contributed by atoms with Crippen molar-refractivity contribution >= 4 is 6.79 Å². The number of carbonyl (C=O) groups excluding carboxylic acids is 1. The summed E-state index contributed by atoms with van der Waals surface area (Å²) in [6.45, 7) is 8.93. The third-order valence-corrected chi connectivity index (χ3v) is 2.37. The molecule has 2 N–H and O–H groups in total. The van der Waals surface area contributed by atoms with Crippen LogP contribution in [0.15, 0.2) is 0 Å². The molecule has 16 heavy (non-hydrogen) atoms. The first-order chi connectivity index (χ1) is 7.88. The quantitative estimate of drug-likeness (QED) is 0.747. The Morgan fingerprint density at radius 3 is 2.31 bits per heavy atom. The van der Waals surface area contributed by atoms with E-state index in [2.05, 4.69) is 18.8 Å². The van der Waals surface area contributed by atoms with Crippen molar-refractivity contribution < 1.29 is 4.79 Å². The summed E-state index contributed by atoms with van der Waals surface area (Å²) < 4.78 is 0. The number of carbonyl (C=O) groups is 1. The molecular formula is C14H27NO. The molecule has 0 saturated heterocycles. The van der Waals surface area contributed by atoms with Crippen molar-refractivity contribution in [3.8, 4) is 11.8 Å². The molecular weight excluding hydrogens is 198 g/mol. The van der Waals surface area contributed by atoms with Crippen LogP contribution < -0.4 is 5.73 Å². The van der Waals surface area contributed by atoms with Crippen molar-refractivity contribution in [1.29, 1.82) is 0 Å². The van der Waals surface area contributed by atoms with Gasteiger partial charge in [-0.1, -0.05) is 26.7 Å². The summed E-state index contributed by atoms with van der Waals surface area (Å²) in [4.78, 5) is 8.00. The fourth-order valence-electron chi connectivity index (χ4n) is 1.50. The molecule has 0 aliphatic heterocycles. The van der Waals surface area contributed by atoms with E-state index in [1.807, 2.05) is 20.6 Å². The summed E-state index contributed by atoms with van der Waals surface area (Å²) >= 11 is 0. The largest absolute Gasteiger partial charge is 0.330 e. The molecule has 0 radical (unpaired) electrons. The van der Waals surface area contributed by atoms with Gasteiger partial charge < -0.3 is 10.5 Å². The number of nitrogens with two attached hydrogens (primary N) is 1. The maximum Gasteiger partial charge on any atom is 0.106 e. The topological polar surface area (TPSA) is 43.1 Å². The van der Waals surface area contributed by atoms with Crippen LogP contribution in [0.25, 0.3) is 0 Å². The van der Waals surface area contributed by atoms with E-state index < -0.39 is 0 Å². The average molecular weight is 225 g/mol. The van der Waals surface area contributed by atoms with Gasteiger partial charge in [-0.25, -0.2) is 0 Å². The van der Waals surface area contributed by atoms with E-state index >= 15 is 0 Å². The van der Waals surface area contributed by atoms with Gasteiger partial charge >= 0.3 is 0 Å². The molecule has 0 spiro atoms. The van der Waals surface area contributed by atoms with Crippen molar-refractivity contribution in [3.05, 3.63) is 0 Å². The minimum atomic E-state index is 0.661. The fraction of sp³-hybridized carbons (Fsp3) is 0.786. The summed E-state index contributed by atoms with van der Waals surface area (Å²) in [5.41, 5.74) is 5.48. The van der Waals surface area contributed by atoms with Crippen LogP contribution in [-0.2, 0) is 4.79 Å². The molecule has 2 nitrogen and oxygen atoms in total. The van der Waals surface area contributed by atoms with Crippen LogP contribution in [0.5, 0.6) is 0 Å². The van der Waals surface area contributed by atoms with Gasteiger partial charge in [0.2, 0.25) is 0 Å². The van der Waals surface area contributed by atoms with Gasteiger partial charge in [-0.3, -0.25) is 0 Å². The summed E-state index contributed by atoms with van der Waals surface area (Å²) in [6, 6.07) is 0. The lowest BCUT2D eigenvalue weighted by Crippen LogP contribution is -2.05. The third-order valence-electron chi connectivity index (χ3n) is 2.37. The lowest BCUT2D eigenvalue weighted by Gasteiger charge is -2.06. The smallest absolute Gasteiger partial charge is 0.106 e. The zero-order valence-corrected chi connectivity index (χ0v) is 11.1. The van der Waals surface area contributed by atoms with Crippen LogP contribution >= 0.6 is 0 Å². The van der Waals surface area contributed by atoms with Crippen molar-refractivity contribution in [3.63, 3.8) is 0 Å². The minimum Gasteiger partial charge on any atom is -0.330 e. The standard InChI is InChI=1S/C11H19N.C2H6.CH2O/c1-2-3-5-10(6-4-9-12)11-7-8-11;2*1-2/h10-11H,2,4,6-9,12H2,1H3;1-2H3;1H2. The molecule has 1 atom stereocenters. The van der Waals surface area contributed by atoms with Gasteiger partial charge in [-0.15, -0.1) is 5.92 Å². The molecule has 0 amide bonds. The second-order valence-electron chi connectivity index (χ2n) is 3.55. The minimum absolute atomic E-state index is 0.661. The summed E-state index contributed by atoms with van der Waals surface area (Å²) in [7, 11) is 0. The molecule has 2 heteroatoms. The summed E-state index contributed by atoms with van der Waals surface area (Å²) in [5.74, 6) is 8.12. The molecule has 0 aromatic heterocycles. The van der Waals surface area contributed by atoms with Crippen LogP contribution in [0.4, 0.5) is 0 Å². The van der Waals surface area contributed by atoms with Gasteiger partial charge in [0.15, 0.2) is 0 Å². The molecule has 0 aromatic carbocycles. The van der Waals surface area contributed by atoms with Crippen LogP contribution in [0.1, 0.15) is 52.9 Å². The van der Waals surface area contributed by atoms with E-state index in [-0.39, 0.29) is 0 Å². The molecule has 0 bridgehead atoms. The van der Waals surface area contributed by atoms with Gasteiger partial charge in [0.1, 0.15) is 6.79 Å². The van der Waals surface area contributed by atoms with E-state index in [0.29, 0.717) is 5.92 Å². The van der Waals surface area contributed by atoms with E-state index in [9.17, 15) is 0 Å². The molecule has 1 aliphatic rings. The average Bonchev–Trinajstić information content (AvgIpc) is 3.19. The molecule has 1 aliphatic carbocycles. The van der Waals surface area contributed by atoms with Crippen molar-refractivity contribution in [2.24, 2.45) is 17.6 Å². The van der Waals surface area contributed by atoms with Gasteiger partial charge in [-0.05, 0) is 38.1 Å². The first-order valence-corrected chi connectivity index (χ1v) is 6.35. The maximum absolute atomic E-state index is 8.00. The van der Waals surface area contributed by atoms with Crippen LogP contribution in [-0.4, -0.2) is 13.3 Å². The SMILES string of the molecule is C=O.CC.CCC#CC(CCCN)C1CC1. The Morgan fingerprint density at radius 1 is 1.38 bits per heavy atom. The monoisotopic (exact) mass is 225 g/mol. The highest BCUT2D eigenvalue weighted by molar-refractivity contribution is 5.11. The molecule has 1 unspecified atom stereocenters. The van der Waals surface area contributed by atoms with E-state index in [1.165, 1.54) is 19.3 Å². The van der Waals surface area contributed by atoms with Crippen LogP contribution in [0.3, 0.4) is 0 Å². The van der Waals surface area contributed by atoms with Crippen molar-refractivity contribution in [2.75, 3.05) is 6.54 Å². The highest BCUT2D eigenvalue weighted by Crippen LogP contribution is 2.38. The lowest BCUT2D eigenvalue weighted by molar-refractivity contribution is -0.0979. The summed E-state index contributed by atoms with van der Waals surface area (Å²) in [6.07, 6.45) is 6.14. The second-order valence-corrected chi connectivity index (χ2v) is 3.55. The lowest BCUT2D eigenvalue weighted by atomic mass is 9.98. The Morgan fingerprint density at radius 2 is 1.94 bits per heavy atom. The van der Waals surface area contributed by atoms with E-state index in [0.717, 1.165) is 25.3 Å². The van der Waals surface area contributed by atoms with Crippen molar-refractivity contribution in [1.82, 2.24) is 0 Å². The number of hydrogen-bond donors (Lipinski definition) is 1. The Bertz CT molecular complexity index is 189. The highest BCUT2D eigenvalue weighted by Gasteiger charge is 2.29. The number of hydrogen-bond acceptors (Lipinski definition) is 2. The fourth-order valence-corrected chi connectivity index (χ4v) is 1.50. The van der Waals surface area contributed by atoms with Gasteiger partial charge in [0, 0.05) is 12.3 Å². The molecule has 0 aromatic rings. The first kappa shape index (κ1) is 17.6. The van der Waals surface area contributed by atoms with Gasteiger partial charge in [0.05, 0.1) is 0 Å². The molecule has 1 saturated carbocycles. The third kappa shape index (κ3) is 9.73. The maximum atomic E-state index is 8.00. The Balaban J connectivity index is 0. The van der Waals surface area contributed by atoms with Crippen LogP contribution in [0, 0.1) is 23.7 Å². The Labute approximate surface area is 101 Å². The Hall–Kier alpha value is -0.810. The highest BCUT2D eigenvalue weighted by atomic mass is 16.1.